The number of aromatic nitrogens is 1. The van der Waals surface area contributed by atoms with E-state index < -0.39 is 0 Å². The van der Waals surface area contributed by atoms with Gasteiger partial charge in [0.05, 0.1) is 5.69 Å². The molecule has 0 amide bonds. The van der Waals surface area contributed by atoms with Crippen molar-refractivity contribution in [3.8, 4) is 0 Å². The van der Waals surface area contributed by atoms with Gasteiger partial charge in [0.15, 0.2) is 0 Å². The van der Waals surface area contributed by atoms with E-state index in [4.69, 9.17) is 0 Å². The third-order valence-corrected chi connectivity index (χ3v) is 1.53. The number of rotatable bonds is 0. The molecule has 0 atom stereocenters. The van der Waals surface area contributed by atoms with Crippen molar-refractivity contribution in [2.24, 2.45) is 0 Å². The predicted octanol–water partition coefficient (Wildman–Crippen LogP) is 2.40. The Morgan fingerprint density at radius 2 is 2.12 bits per heavy atom. The summed E-state index contributed by atoms with van der Waals surface area (Å²) < 4.78 is 4.06. The molecule has 1 aromatic heterocycles. The fourth-order valence-electron chi connectivity index (χ4n) is 0.491. The lowest BCUT2D eigenvalue weighted by Crippen LogP contribution is -1.58. The Morgan fingerprint density at radius 1 is 1.50 bits per heavy atom. The normalized spacial score (nSPS) is 8.25. The number of hydrogen-bond acceptors (Lipinski definition) is 2. The Kier molecular flexibility index (Phi) is 2.69. The number of nitrogens with zero attached hydrogens (tertiary/aromatic N) is 1. The van der Waals surface area contributed by atoms with Crippen LogP contribution in [0, 0.1) is 13.8 Å². The van der Waals surface area contributed by atoms with Crippen molar-refractivity contribution in [3.63, 3.8) is 0 Å². The number of aryl methyl sites for hydroxylation is 2. The van der Waals surface area contributed by atoms with Crippen LogP contribution in [0.1, 0.15) is 18.0 Å². The largest absolute Gasteiger partial charge is 0.198 e. The van der Waals surface area contributed by atoms with Crippen LogP contribution in [-0.4, -0.2) is 4.37 Å². The highest BCUT2D eigenvalue weighted by Crippen LogP contribution is 2.04. The van der Waals surface area contributed by atoms with Crippen molar-refractivity contribution in [1.29, 1.82) is 0 Å². The van der Waals surface area contributed by atoms with Crippen LogP contribution in [0.25, 0.3) is 0 Å². The molecule has 1 nitrogen and oxygen atoms in total. The number of hydrogen-bond donors (Lipinski definition) is 0. The van der Waals surface area contributed by atoms with Crippen molar-refractivity contribution in [3.05, 3.63) is 16.6 Å². The summed E-state index contributed by atoms with van der Waals surface area (Å²) in [5.41, 5.74) is 1.13. The Hall–Kier alpha value is -0.370. The molecule has 46 valence electrons. The van der Waals surface area contributed by atoms with Gasteiger partial charge in [0, 0.05) is 4.88 Å². The van der Waals surface area contributed by atoms with Gasteiger partial charge in [-0.05, 0) is 31.4 Å². The topological polar surface area (TPSA) is 12.9 Å². The molecule has 0 fully saturated rings. The first kappa shape index (κ1) is 7.63. The highest BCUT2D eigenvalue weighted by atomic mass is 32.1. The van der Waals surface area contributed by atoms with E-state index in [1.807, 2.05) is 6.92 Å². The van der Waals surface area contributed by atoms with Gasteiger partial charge in [-0.15, -0.1) is 0 Å². The van der Waals surface area contributed by atoms with Crippen LogP contribution >= 0.6 is 11.5 Å². The van der Waals surface area contributed by atoms with E-state index in [1.54, 1.807) is 11.5 Å². The second-order valence-corrected chi connectivity index (χ2v) is 2.59. The average molecular weight is 129 g/mol. The fourth-order valence-corrected chi connectivity index (χ4v) is 1.05. The Labute approximate surface area is 54.5 Å². The van der Waals surface area contributed by atoms with Crippen LogP contribution in [0.4, 0.5) is 0 Å². The van der Waals surface area contributed by atoms with Crippen LogP contribution in [0.15, 0.2) is 6.07 Å². The Balaban J connectivity index is 0.000000490. The maximum atomic E-state index is 4.06. The van der Waals surface area contributed by atoms with Crippen molar-refractivity contribution in [1.82, 2.24) is 4.37 Å². The van der Waals surface area contributed by atoms with E-state index in [0.29, 0.717) is 0 Å². The zero-order valence-electron chi connectivity index (χ0n) is 4.43. The fraction of sp³-hybridized carbons (Fsp3) is 0.500. The molecule has 0 aliphatic carbocycles. The highest BCUT2D eigenvalue weighted by Gasteiger charge is 1.86. The van der Waals surface area contributed by atoms with Gasteiger partial charge in [0.25, 0.3) is 0 Å². The maximum absolute atomic E-state index is 4.06. The molecule has 0 aliphatic heterocycles. The highest BCUT2D eigenvalue weighted by molar-refractivity contribution is 7.05. The van der Waals surface area contributed by atoms with Gasteiger partial charge in [-0.25, -0.2) is 0 Å². The monoisotopic (exact) mass is 129 g/mol. The summed E-state index contributed by atoms with van der Waals surface area (Å²) >= 11 is 1.55. The molecule has 1 heterocycles. The molecule has 0 spiro atoms. The smallest absolute Gasteiger partial charge is 0.0514 e. The van der Waals surface area contributed by atoms with Crippen LogP contribution in [0.3, 0.4) is 0 Å². The predicted molar refractivity (Wildman–Crippen MR) is 38.3 cm³/mol. The first-order valence-electron chi connectivity index (χ1n) is 2.19. The van der Waals surface area contributed by atoms with Crippen molar-refractivity contribution in [2.45, 2.75) is 21.3 Å². The summed E-state index contributed by atoms with van der Waals surface area (Å²) in [6.45, 7) is 4.06. The van der Waals surface area contributed by atoms with E-state index in [-0.39, 0.29) is 7.43 Å². The molecule has 2 heteroatoms. The minimum Gasteiger partial charge on any atom is -0.198 e. The van der Waals surface area contributed by atoms with Gasteiger partial charge in [-0.3, -0.25) is 0 Å². The average Bonchev–Trinajstić information content (AvgIpc) is 1.87. The van der Waals surface area contributed by atoms with E-state index >= 15 is 0 Å². The van der Waals surface area contributed by atoms with E-state index in [2.05, 4.69) is 17.4 Å². The van der Waals surface area contributed by atoms with Crippen LogP contribution in [0.5, 0.6) is 0 Å². The van der Waals surface area contributed by atoms with E-state index in [9.17, 15) is 0 Å². The van der Waals surface area contributed by atoms with Gasteiger partial charge < -0.3 is 0 Å². The van der Waals surface area contributed by atoms with E-state index in [1.165, 1.54) is 4.88 Å². The summed E-state index contributed by atoms with van der Waals surface area (Å²) in [7, 11) is 0. The van der Waals surface area contributed by atoms with Gasteiger partial charge in [0.1, 0.15) is 0 Å². The third-order valence-electron chi connectivity index (χ3n) is 0.746. The lowest BCUT2D eigenvalue weighted by atomic mass is 10.4. The molecule has 1 rings (SSSR count). The molecular weight excluding hydrogens is 118 g/mol. The van der Waals surface area contributed by atoms with Crippen molar-refractivity contribution < 1.29 is 0 Å². The zero-order chi connectivity index (χ0) is 5.28. The molecule has 0 unspecified atom stereocenters. The second-order valence-electron chi connectivity index (χ2n) is 1.58. The van der Waals surface area contributed by atoms with Gasteiger partial charge in [-0.1, -0.05) is 7.43 Å². The first-order valence-corrected chi connectivity index (χ1v) is 2.96. The summed E-state index contributed by atoms with van der Waals surface area (Å²) in [5, 5.41) is 0. The Bertz CT molecular complexity index is 141. The summed E-state index contributed by atoms with van der Waals surface area (Å²) in [4.78, 5) is 1.29. The quantitative estimate of drug-likeness (QED) is 0.524. The molecule has 0 bridgehead atoms. The summed E-state index contributed by atoms with van der Waals surface area (Å²) in [6, 6.07) is 2.07. The molecule has 8 heavy (non-hydrogen) atoms. The van der Waals surface area contributed by atoms with Crippen molar-refractivity contribution in [2.75, 3.05) is 0 Å². The summed E-state index contributed by atoms with van der Waals surface area (Å²) in [5.74, 6) is 0. The maximum Gasteiger partial charge on any atom is 0.0514 e. The Morgan fingerprint density at radius 3 is 2.25 bits per heavy atom. The lowest BCUT2D eigenvalue weighted by molar-refractivity contribution is 1.34. The molecule has 0 aromatic carbocycles. The van der Waals surface area contributed by atoms with Crippen LogP contribution in [0.2, 0.25) is 0 Å². The minimum atomic E-state index is 0. The van der Waals surface area contributed by atoms with Gasteiger partial charge in [-0.2, -0.15) is 4.37 Å². The molecule has 0 saturated carbocycles. The van der Waals surface area contributed by atoms with Gasteiger partial charge in [0.2, 0.25) is 0 Å². The molecule has 1 aromatic rings. The minimum absolute atomic E-state index is 0. The zero-order valence-corrected chi connectivity index (χ0v) is 5.25. The van der Waals surface area contributed by atoms with E-state index in [0.717, 1.165) is 5.69 Å². The molecule has 0 N–H and O–H groups in total. The molecular formula is C6H11NS. The standard InChI is InChI=1S/C5H7NS.CH4/c1-4-3-5(2)7-6-4;/h3H,1-2H3;1H4. The first-order chi connectivity index (χ1) is 3.29. The van der Waals surface area contributed by atoms with Gasteiger partial charge >= 0.3 is 0 Å². The lowest BCUT2D eigenvalue weighted by Gasteiger charge is -1.67. The molecule has 0 aliphatic rings. The second kappa shape index (κ2) is 2.82. The SMILES string of the molecule is C.Cc1cc(C)sn1. The third kappa shape index (κ3) is 1.62. The van der Waals surface area contributed by atoms with Crippen LogP contribution in [-0.2, 0) is 0 Å². The summed E-state index contributed by atoms with van der Waals surface area (Å²) in [6.07, 6.45) is 0. The molecule has 0 radical (unpaired) electrons. The van der Waals surface area contributed by atoms with Crippen LogP contribution < -0.4 is 0 Å². The molecule has 0 saturated heterocycles. The van der Waals surface area contributed by atoms with Crippen molar-refractivity contribution >= 4 is 11.5 Å².